The van der Waals surface area contributed by atoms with E-state index in [4.69, 9.17) is 23.2 Å². The number of nitrogens with zero attached hydrogens (tertiary/aromatic N) is 3. The molecule has 0 radical (unpaired) electrons. The third-order valence-electron chi connectivity index (χ3n) is 4.48. The lowest BCUT2D eigenvalue weighted by Crippen LogP contribution is -2.44. The summed E-state index contributed by atoms with van der Waals surface area (Å²) in [5.74, 6) is -0.370. The second kappa shape index (κ2) is 7.20. The molecule has 0 amide bonds. The summed E-state index contributed by atoms with van der Waals surface area (Å²) in [7, 11) is 0. The Labute approximate surface area is 175 Å². The molecule has 0 saturated carbocycles. The molecule has 0 unspecified atom stereocenters. The molecule has 3 heterocycles. The molecule has 0 N–H and O–H groups in total. The number of aryl methyl sites for hydroxylation is 2. The summed E-state index contributed by atoms with van der Waals surface area (Å²) < 4.78 is 3.50. The standard InChI is InChI=1S/C20H15Cl2N3O2S/c1-11-6-13(8-14(21)7-11)16-18(26)24-5-3-4-12(2)17(24)25(19(16)27)10-15-9-23-20(22)28-15/h3-9H,10H2,1-2H3. The van der Waals surface area contributed by atoms with Crippen molar-refractivity contribution in [3.05, 3.63) is 78.6 Å². The van der Waals surface area contributed by atoms with Gasteiger partial charge in [-0.3, -0.25) is 0 Å². The summed E-state index contributed by atoms with van der Waals surface area (Å²) in [6, 6.07) is 8.87. The number of hydrogen-bond acceptors (Lipinski definition) is 4. The minimum absolute atomic E-state index is 0.0873. The van der Waals surface area contributed by atoms with E-state index in [1.54, 1.807) is 41.2 Å². The highest BCUT2D eigenvalue weighted by Gasteiger charge is 2.22. The molecular formula is C20H15Cl2N3O2S. The Hall–Kier alpha value is -2.41. The normalized spacial score (nSPS) is 11.3. The van der Waals surface area contributed by atoms with Gasteiger partial charge in [0.2, 0.25) is 0 Å². The lowest BCUT2D eigenvalue weighted by atomic mass is 10.1. The molecule has 142 valence electrons. The first-order valence-electron chi connectivity index (χ1n) is 8.47. The van der Waals surface area contributed by atoms with Gasteiger partial charge in [0.15, 0.2) is 4.47 Å². The Bertz CT molecular complexity index is 1260. The van der Waals surface area contributed by atoms with Gasteiger partial charge in [-0.25, -0.2) is 14.3 Å². The van der Waals surface area contributed by atoms with Crippen LogP contribution in [0.2, 0.25) is 9.49 Å². The molecule has 0 bridgehead atoms. The van der Waals surface area contributed by atoms with E-state index in [1.807, 2.05) is 19.9 Å². The fourth-order valence-corrected chi connectivity index (χ4v) is 4.60. The van der Waals surface area contributed by atoms with E-state index >= 15 is 0 Å². The number of benzene rings is 1. The molecule has 0 atom stereocenters. The molecule has 0 saturated heterocycles. The van der Waals surface area contributed by atoms with Crippen LogP contribution in [0.5, 0.6) is 5.88 Å². The number of hydrogen-bond donors (Lipinski definition) is 0. The van der Waals surface area contributed by atoms with Gasteiger partial charge in [-0.05, 0) is 49.2 Å². The van der Waals surface area contributed by atoms with Crippen molar-refractivity contribution >= 4 is 40.2 Å². The van der Waals surface area contributed by atoms with Crippen LogP contribution in [0.4, 0.5) is 0 Å². The number of rotatable bonds is 3. The van der Waals surface area contributed by atoms with E-state index < -0.39 is 0 Å². The highest BCUT2D eigenvalue weighted by Crippen LogP contribution is 2.27. The van der Waals surface area contributed by atoms with Crippen LogP contribution >= 0.6 is 34.5 Å². The van der Waals surface area contributed by atoms with Gasteiger partial charge in [0.1, 0.15) is 12.1 Å². The zero-order valence-electron chi connectivity index (χ0n) is 15.1. The smallest absolute Gasteiger partial charge is 0.349 e. The van der Waals surface area contributed by atoms with Gasteiger partial charge in [0.25, 0.3) is 5.65 Å². The van der Waals surface area contributed by atoms with Crippen LogP contribution < -0.4 is 15.2 Å². The van der Waals surface area contributed by atoms with Crippen LogP contribution in [0, 0.1) is 13.8 Å². The van der Waals surface area contributed by atoms with Crippen molar-refractivity contribution in [1.29, 1.82) is 0 Å². The van der Waals surface area contributed by atoms with Crippen LogP contribution in [0.15, 0.2) is 47.5 Å². The van der Waals surface area contributed by atoms with Gasteiger partial charge < -0.3 is 5.11 Å². The first-order valence-corrected chi connectivity index (χ1v) is 10.0. The van der Waals surface area contributed by atoms with E-state index in [1.165, 1.54) is 15.7 Å². The molecular weight excluding hydrogens is 417 g/mol. The Kier molecular flexibility index (Phi) is 4.87. The molecule has 0 spiro atoms. The van der Waals surface area contributed by atoms with Crippen molar-refractivity contribution in [2.24, 2.45) is 0 Å². The third-order valence-corrected chi connectivity index (χ3v) is 5.80. The highest BCUT2D eigenvalue weighted by molar-refractivity contribution is 7.15. The maximum atomic E-state index is 13.4. The molecule has 1 aromatic carbocycles. The van der Waals surface area contributed by atoms with Gasteiger partial charge in [-0.1, -0.05) is 29.3 Å². The second-order valence-corrected chi connectivity index (χ2v) is 8.69. The van der Waals surface area contributed by atoms with Crippen molar-refractivity contribution in [3.8, 4) is 17.0 Å². The Morgan fingerprint density at radius 3 is 2.71 bits per heavy atom. The van der Waals surface area contributed by atoms with E-state index in [2.05, 4.69) is 4.98 Å². The fourth-order valence-electron chi connectivity index (χ4n) is 3.35. The quantitative estimate of drug-likeness (QED) is 0.464. The Morgan fingerprint density at radius 2 is 2.04 bits per heavy atom. The fraction of sp³-hybridized carbons (Fsp3) is 0.150. The number of pyridine rings is 1. The van der Waals surface area contributed by atoms with Gasteiger partial charge in [-0.15, -0.1) is 11.3 Å². The molecule has 3 aromatic heterocycles. The van der Waals surface area contributed by atoms with Gasteiger partial charge in [0, 0.05) is 16.8 Å². The molecule has 28 heavy (non-hydrogen) atoms. The summed E-state index contributed by atoms with van der Waals surface area (Å²) in [5.41, 5.74) is 2.46. The number of fused-ring (bicyclic) bond motifs is 1. The predicted octanol–water partition coefficient (Wildman–Crippen LogP) is 3.76. The van der Waals surface area contributed by atoms with Crippen molar-refractivity contribution in [2.45, 2.75) is 20.4 Å². The SMILES string of the molecule is Cc1cc(Cl)cc(-c2c([O-])[n+](Cc3cnc(Cl)s3)c3c(C)cccn3c2=O)c1. The van der Waals surface area contributed by atoms with Crippen LogP contribution in [-0.4, -0.2) is 9.38 Å². The topological polar surface area (TPSA) is 61.3 Å². The number of halogens is 2. The summed E-state index contributed by atoms with van der Waals surface area (Å²) in [4.78, 5) is 18.1. The second-order valence-electron chi connectivity index (χ2n) is 6.55. The van der Waals surface area contributed by atoms with E-state index in [0.29, 0.717) is 20.7 Å². The Morgan fingerprint density at radius 1 is 1.25 bits per heavy atom. The average molecular weight is 432 g/mol. The molecule has 5 nitrogen and oxygen atoms in total. The molecule has 0 fully saturated rings. The number of thiazole rings is 1. The average Bonchev–Trinajstić information content (AvgIpc) is 3.03. The molecule has 4 rings (SSSR count). The number of aromatic nitrogens is 3. The largest absolute Gasteiger partial charge is 0.842 e. The summed E-state index contributed by atoms with van der Waals surface area (Å²) in [6.45, 7) is 4.01. The first-order chi connectivity index (χ1) is 13.3. The van der Waals surface area contributed by atoms with Crippen molar-refractivity contribution in [1.82, 2.24) is 9.38 Å². The summed E-state index contributed by atoms with van der Waals surface area (Å²) in [5, 5.41) is 13.9. The maximum absolute atomic E-state index is 13.4. The molecule has 4 aromatic rings. The van der Waals surface area contributed by atoms with E-state index in [9.17, 15) is 9.90 Å². The third kappa shape index (κ3) is 3.28. The lowest BCUT2D eigenvalue weighted by Gasteiger charge is -2.18. The Balaban J connectivity index is 2.08. The van der Waals surface area contributed by atoms with Gasteiger partial charge in [0.05, 0.1) is 17.0 Å². The maximum Gasteiger partial charge on any atom is 0.349 e. The summed E-state index contributed by atoms with van der Waals surface area (Å²) >= 11 is 13.4. The van der Waals surface area contributed by atoms with Crippen molar-refractivity contribution in [3.63, 3.8) is 0 Å². The minimum atomic E-state index is -0.371. The summed E-state index contributed by atoms with van der Waals surface area (Å²) in [6.07, 6.45) is 3.31. The monoisotopic (exact) mass is 431 g/mol. The molecule has 0 aliphatic carbocycles. The highest BCUT2D eigenvalue weighted by atomic mass is 35.5. The van der Waals surface area contributed by atoms with Crippen LogP contribution in [0.3, 0.4) is 0 Å². The zero-order valence-corrected chi connectivity index (χ0v) is 17.4. The molecule has 8 heteroatoms. The molecule has 0 aliphatic heterocycles. The first kappa shape index (κ1) is 18.9. The molecule has 0 aliphatic rings. The minimum Gasteiger partial charge on any atom is -0.842 e. The van der Waals surface area contributed by atoms with Crippen LogP contribution in [0.1, 0.15) is 16.0 Å². The predicted molar refractivity (Wildman–Crippen MR) is 109 cm³/mol. The van der Waals surface area contributed by atoms with Crippen LogP contribution in [0.25, 0.3) is 16.8 Å². The zero-order chi connectivity index (χ0) is 20.0. The lowest BCUT2D eigenvalue weighted by molar-refractivity contribution is -0.707. The van der Waals surface area contributed by atoms with E-state index in [-0.39, 0.29) is 23.5 Å². The van der Waals surface area contributed by atoms with Gasteiger partial charge >= 0.3 is 5.56 Å². The van der Waals surface area contributed by atoms with Crippen molar-refractivity contribution in [2.75, 3.05) is 0 Å². The van der Waals surface area contributed by atoms with Crippen molar-refractivity contribution < 1.29 is 9.67 Å². The van der Waals surface area contributed by atoms with E-state index in [0.717, 1.165) is 16.0 Å². The van der Waals surface area contributed by atoms with Gasteiger partial charge in [-0.2, -0.15) is 4.40 Å². The van der Waals surface area contributed by atoms with Crippen LogP contribution in [-0.2, 0) is 6.54 Å².